The van der Waals surface area contributed by atoms with E-state index in [1.54, 1.807) is 12.1 Å². The standard InChI is InChI=1S/C21H19N3OS/c25-20(23-24-21(26)22-15-16-7-3-1-4-8-16)19-13-11-18(12-14-19)17-9-5-2-6-10-17/h1-14H,15H2,(H,23,25)(H2,22,24,26). The minimum atomic E-state index is -0.242. The van der Waals surface area contributed by atoms with Gasteiger partial charge in [-0.1, -0.05) is 72.8 Å². The summed E-state index contributed by atoms with van der Waals surface area (Å²) in [7, 11) is 0. The van der Waals surface area contributed by atoms with Crippen molar-refractivity contribution in [3.8, 4) is 11.1 Å². The molecule has 0 saturated heterocycles. The van der Waals surface area contributed by atoms with Gasteiger partial charge in [-0.25, -0.2) is 0 Å². The lowest BCUT2D eigenvalue weighted by atomic mass is 10.0. The van der Waals surface area contributed by atoms with Crippen LogP contribution in [0.2, 0.25) is 0 Å². The zero-order chi connectivity index (χ0) is 18.2. The van der Waals surface area contributed by atoms with Crippen LogP contribution in [0.4, 0.5) is 0 Å². The van der Waals surface area contributed by atoms with Crippen LogP contribution in [0.1, 0.15) is 15.9 Å². The number of hydrogen-bond acceptors (Lipinski definition) is 2. The minimum Gasteiger partial charge on any atom is -0.357 e. The predicted octanol–water partition coefficient (Wildman–Crippen LogP) is 3.66. The van der Waals surface area contributed by atoms with Gasteiger partial charge in [0.1, 0.15) is 0 Å². The van der Waals surface area contributed by atoms with Gasteiger partial charge in [0.15, 0.2) is 5.11 Å². The second-order valence-electron chi connectivity index (χ2n) is 5.69. The van der Waals surface area contributed by atoms with Crippen LogP contribution in [0.5, 0.6) is 0 Å². The van der Waals surface area contributed by atoms with Gasteiger partial charge < -0.3 is 5.32 Å². The molecule has 0 unspecified atom stereocenters. The van der Waals surface area contributed by atoms with Crippen LogP contribution in [0.3, 0.4) is 0 Å². The maximum Gasteiger partial charge on any atom is 0.269 e. The van der Waals surface area contributed by atoms with E-state index in [1.807, 2.05) is 72.8 Å². The lowest BCUT2D eigenvalue weighted by molar-refractivity contribution is 0.0943. The molecule has 0 aliphatic heterocycles. The molecule has 0 aliphatic rings. The van der Waals surface area contributed by atoms with E-state index in [0.29, 0.717) is 17.2 Å². The van der Waals surface area contributed by atoms with Crippen molar-refractivity contribution in [1.82, 2.24) is 16.2 Å². The normalized spacial score (nSPS) is 10.0. The molecule has 4 nitrogen and oxygen atoms in total. The number of carbonyl (C=O) groups is 1. The molecule has 3 aromatic carbocycles. The molecule has 0 heterocycles. The van der Waals surface area contributed by atoms with Gasteiger partial charge in [0, 0.05) is 12.1 Å². The molecule has 5 heteroatoms. The Morgan fingerprint density at radius 3 is 1.96 bits per heavy atom. The number of amides is 1. The molecule has 0 fully saturated rings. The molecule has 1 amide bonds. The Kier molecular flexibility index (Phi) is 5.96. The summed E-state index contributed by atoms with van der Waals surface area (Å²) >= 11 is 5.17. The topological polar surface area (TPSA) is 53.2 Å². The lowest BCUT2D eigenvalue weighted by Gasteiger charge is -2.12. The van der Waals surface area contributed by atoms with Gasteiger partial charge in [0.2, 0.25) is 0 Å². The maximum absolute atomic E-state index is 12.2. The molecule has 0 aromatic heterocycles. The van der Waals surface area contributed by atoms with Gasteiger partial charge >= 0.3 is 0 Å². The fourth-order valence-electron chi connectivity index (χ4n) is 2.45. The van der Waals surface area contributed by atoms with Gasteiger partial charge in [0.05, 0.1) is 0 Å². The predicted molar refractivity (Wildman–Crippen MR) is 108 cm³/mol. The van der Waals surface area contributed by atoms with Crippen molar-refractivity contribution in [2.45, 2.75) is 6.54 Å². The van der Waals surface area contributed by atoms with E-state index >= 15 is 0 Å². The molecular formula is C21H19N3OS. The summed E-state index contributed by atoms with van der Waals surface area (Å²) in [5.74, 6) is -0.242. The van der Waals surface area contributed by atoms with Crippen molar-refractivity contribution in [2.75, 3.05) is 0 Å². The molecule has 26 heavy (non-hydrogen) atoms. The fraction of sp³-hybridized carbons (Fsp3) is 0.0476. The Balaban J connectivity index is 1.49. The highest BCUT2D eigenvalue weighted by molar-refractivity contribution is 7.80. The zero-order valence-corrected chi connectivity index (χ0v) is 14.9. The van der Waals surface area contributed by atoms with Crippen molar-refractivity contribution in [1.29, 1.82) is 0 Å². The van der Waals surface area contributed by atoms with Crippen LogP contribution in [-0.4, -0.2) is 11.0 Å². The van der Waals surface area contributed by atoms with Crippen LogP contribution < -0.4 is 16.2 Å². The average Bonchev–Trinajstić information content (AvgIpc) is 2.72. The molecule has 0 radical (unpaired) electrons. The second-order valence-corrected chi connectivity index (χ2v) is 6.10. The largest absolute Gasteiger partial charge is 0.357 e. The first-order valence-electron chi connectivity index (χ1n) is 8.26. The average molecular weight is 361 g/mol. The fourth-order valence-corrected chi connectivity index (χ4v) is 2.58. The number of rotatable bonds is 4. The summed E-state index contributed by atoms with van der Waals surface area (Å²) in [5.41, 5.74) is 9.17. The summed E-state index contributed by atoms with van der Waals surface area (Å²) < 4.78 is 0. The van der Waals surface area contributed by atoms with Crippen molar-refractivity contribution in [3.05, 3.63) is 96.1 Å². The minimum absolute atomic E-state index is 0.242. The van der Waals surface area contributed by atoms with Crippen molar-refractivity contribution in [2.24, 2.45) is 0 Å². The molecule has 130 valence electrons. The lowest BCUT2D eigenvalue weighted by Crippen LogP contribution is -2.46. The Hall–Kier alpha value is -3.18. The van der Waals surface area contributed by atoms with Crippen LogP contribution in [0.15, 0.2) is 84.9 Å². The second kappa shape index (κ2) is 8.78. The van der Waals surface area contributed by atoms with E-state index in [-0.39, 0.29) is 5.91 Å². The highest BCUT2D eigenvalue weighted by Gasteiger charge is 2.06. The van der Waals surface area contributed by atoms with E-state index in [4.69, 9.17) is 12.2 Å². The van der Waals surface area contributed by atoms with E-state index in [2.05, 4.69) is 16.2 Å². The highest BCUT2D eigenvalue weighted by Crippen LogP contribution is 2.19. The molecule has 0 aliphatic carbocycles. The summed E-state index contributed by atoms with van der Waals surface area (Å²) in [5, 5.41) is 3.41. The zero-order valence-electron chi connectivity index (χ0n) is 14.1. The highest BCUT2D eigenvalue weighted by atomic mass is 32.1. The smallest absolute Gasteiger partial charge is 0.269 e. The molecule has 0 spiro atoms. The number of hydrogen-bond donors (Lipinski definition) is 3. The van der Waals surface area contributed by atoms with Gasteiger partial charge in [-0.2, -0.15) is 0 Å². The maximum atomic E-state index is 12.2. The number of nitrogens with one attached hydrogen (secondary N) is 3. The summed E-state index contributed by atoms with van der Waals surface area (Å²) in [6, 6.07) is 27.4. The molecule has 3 N–H and O–H groups in total. The van der Waals surface area contributed by atoms with Crippen LogP contribution in [-0.2, 0) is 6.54 Å². The first-order chi connectivity index (χ1) is 12.7. The molecular weight excluding hydrogens is 342 g/mol. The summed E-state index contributed by atoms with van der Waals surface area (Å²) in [6.45, 7) is 0.592. The Labute approximate surface area is 158 Å². The van der Waals surface area contributed by atoms with Crippen molar-refractivity contribution >= 4 is 23.2 Å². The molecule has 0 bridgehead atoms. The number of thiocarbonyl (C=S) groups is 1. The van der Waals surface area contributed by atoms with Gasteiger partial charge in [0.25, 0.3) is 5.91 Å². The van der Waals surface area contributed by atoms with E-state index < -0.39 is 0 Å². The SMILES string of the molecule is O=C(NNC(=S)NCc1ccccc1)c1ccc(-c2ccccc2)cc1. The Bertz CT molecular complexity index is 865. The third-order valence-corrected chi connectivity index (χ3v) is 4.09. The van der Waals surface area contributed by atoms with E-state index in [0.717, 1.165) is 16.7 Å². The third-order valence-electron chi connectivity index (χ3n) is 3.84. The van der Waals surface area contributed by atoms with Crippen LogP contribution in [0.25, 0.3) is 11.1 Å². The number of carbonyl (C=O) groups excluding carboxylic acids is 1. The van der Waals surface area contributed by atoms with Gasteiger partial charge in [-0.3, -0.25) is 15.6 Å². The first kappa shape index (κ1) is 17.6. The summed E-state index contributed by atoms with van der Waals surface area (Å²) in [4.78, 5) is 12.2. The van der Waals surface area contributed by atoms with Crippen LogP contribution in [0, 0.1) is 0 Å². The van der Waals surface area contributed by atoms with Crippen molar-refractivity contribution in [3.63, 3.8) is 0 Å². The number of hydrazine groups is 1. The van der Waals surface area contributed by atoms with Crippen LogP contribution >= 0.6 is 12.2 Å². The quantitative estimate of drug-likeness (QED) is 0.490. The van der Waals surface area contributed by atoms with Gasteiger partial charge in [-0.15, -0.1) is 0 Å². The molecule has 0 atom stereocenters. The first-order valence-corrected chi connectivity index (χ1v) is 8.67. The molecule has 3 rings (SSSR count). The van der Waals surface area contributed by atoms with E-state index in [9.17, 15) is 4.79 Å². The van der Waals surface area contributed by atoms with E-state index in [1.165, 1.54) is 0 Å². The third kappa shape index (κ3) is 4.91. The monoisotopic (exact) mass is 361 g/mol. The summed E-state index contributed by atoms with van der Waals surface area (Å²) in [6.07, 6.45) is 0. The Morgan fingerprint density at radius 1 is 0.731 bits per heavy atom. The number of benzene rings is 3. The van der Waals surface area contributed by atoms with Gasteiger partial charge in [-0.05, 0) is 41.0 Å². The molecule has 3 aromatic rings. The molecule has 0 saturated carbocycles. The van der Waals surface area contributed by atoms with Crippen molar-refractivity contribution < 1.29 is 4.79 Å². The Morgan fingerprint density at radius 2 is 1.31 bits per heavy atom.